The largest absolute Gasteiger partial charge is 0.350 e. The zero-order valence-corrected chi connectivity index (χ0v) is 11.8. The Hall–Kier alpha value is -1.83. The molecule has 0 aromatic heterocycles. The number of hydrogen-bond donors (Lipinski definition) is 1. The van der Waals surface area contributed by atoms with Crippen LogP contribution in [0, 0.1) is 5.92 Å². The second-order valence-electron chi connectivity index (χ2n) is 5.57. The van der Waals surface area contributed by atoms with E-state index in [1.165, 1.54) is 0 Å². The monoisotopic (exact) mass is 255 g/mol. The van der Waals surface area contributed by atoms with Crippen molar-refractivity contribution in [3.63, 3.8) is 0 Å². The fourth-order valence-electron chi connectivity index (χ4n) is 2.40. The van der Waals surface area contributed by atoms with Gasteiger partial charge in [-0.3, -0.25) is 4.79 Å². The van der Waals surface area contributed by atoms with Gasteiger partial charge in [-0.05, 0) is 42.2 Å². The molecule has 2 aromatic carbocycles. The molecule has 1 amide bonds. The molecular weight excluding hydrogens is 234 g/mol. The van der Waals surface area contributed by atoms with Crippen LogP contribution in [0.3, 0.4) is 0 Å². The smallest absolute Gasteiger partial charge is 0.251 e. The highest BCUT2D eigenvalue weighted by molar-refractivity contribution is 5.98. The van der Waals surface area contributed by atoms with Gasteiger partial charge in [-0.25, -0.2) is 0 Å². The van der Waals surface area contributed by atoms with Gasteiger partial charge in [-0.1, -0.05) is 44.2 Å². The first kappa shape index (κ1) is 13.6. The van der Waals surface area contributed by atoms with Crippen LogP contribution in [0.5, 0.6) is 0 Å². The maximum Gasteiger partial charge on any atom is 0.251 e. The predicted octanol–water partition coefficient (Wildman–Crippen LogP) is 4.00. The summed E-state index contributed by atoms with van der Waals surface area (Å²) in [6.45, 7) is 6.39. The molecule has 100 valence electrons. The molecule has 0 fully saturated rings. The van der Waals surface area contributed by atoms with Crippen molar-refractivity contribution in [2.45, 2.75) is 33.2 Å². The molecular formula is C17H21NO. The number of fused-ring (bicyclic) bond motifs is 1. The normalized spacial score (nSPS) is 12.6. The van der Waals surface area contributed by atoms with Crippen molar-refractivity contribution in [2.24, 2.45) is 5.92 Å². The van der Waals surface area contributed by atoms with Gasteiger partial charge in [0.1, 0.15) is 0 Å². The standard InChI is InChI=1S/C17H21NO/c1-12(2)10-13(3)18-17(19)16-9-8-14-6-4-5-7-15(14)11-16/h4-9,11-13H,10H2,1-3H3,(H,18,19)/t13-/m0/s1. The highest BCUT2D eigenvalue weighted by Crippen LogP contribution is 2.16. The molecule has 1 N–H and O–H groups in total. The van der Waals surface area contributed by atoms with Crippen molar-refractivity contribution >= 4 is 16.7 Å². The lowest BCUT2D eigenvalue weighted by Crippen LogP contribution is -2.33. The van der Waals surface area contributed by atoms with Crippen molar-refractivity contribution < 1.29 is 4.79 Å². The van der Waals surface area contributed by atoms with Gasteiger partial charge in [-0.15, -0.1) is 0 Å². The molecule has 0 bridgehead atoms. The number of rotatable bonds is 4. The minimum Gasteiger partial charge on any atom is -0.350 e. The predicted molar refractivity (Wildman–Crippen MR) is 80.3 cm³/mol. The van der Waals surface area contributed by atoms with Gasteiger partial charge in [-0.2, -0.15) is 0 Å². The Morgan fingerprint density at radius 1 is 1.05 bits per heavy atom. The summed E-state index contributed by atoms with van der Waals surface area (Å²) >= 11 is 0. The molecule has 0 unspecified atom stereocenters. The van der Waals surface area contributed by atoms with E-state index >= 15 is 0 Å². The van der Waals surface area contributed by atoms with Crippen LogP contribution in [-0.2, 0) is 0 Å². The molecule has 2 heteroatoms. The quantitative estimate of drug-likeness (QED) is 0.879. The number of amides is 1. The van der Waals surface area contributed by atoms with Crippen molar-refractivity contribution in [1.82, 2.24) is 5.32 Å². The average Bonchev–Trinajstić information content (AvgIpc) is 2.37. The highest BCUT2D eigenvalue weighted by Gasteiger charge is 2.11. The third-order valence-corrected chi connectivity index (χ3v) is 3.21. The van der Waals surface area contributed by atoms with E-state index in [1.807, 2.05) is 36.4 Å². The van der Waals surface area contributed by atoms with Gasteiger partial charge >= 0.3 is 0 Å². The summed E-state index contributed by atoms with van der Waals surface area (Å²) in [5.74, 6) is 0.603. The van der Waals surface area contributed by atoms with Crippen LogP contribution >= 0.6 is 0 Å². The maximum absolute atomic E-state index is 12.2. The molecule has 2 aromatic rings. The van der Waals surface area contributed by atoms with E-state index in [1.54, 1.807) is 0 Å². The van der Waals surface area contributed by atoms with E-state index in [0.29, 0.717) is 5.92 Å². The molecule has 0 heterocycles. The lowest BCUT2D eigenvalue weighted by molar-refractivity contribution is 0.0936. The third-order valence-electron chi connectivity index (χ3n) is 3.21. The topological polar surface area (TPSA) is 29.1 Å². The maximum atomic E-state index is 12.2. The van der Waals surface area contributed by atoms with E-state index in [9.17, 15) is 4.79 Å². The van der Waals surface area contributed by atoms with Crippen LogP contribution < -0.4 is 5.32 Å². The fraction of sp³-hybridized carbons (Fsp3) is 0.353. The summed E-state index contributed by atoms with van der Waals surface area (Å²) in [5, 5.41) is 5.32. The SMILES string of the molecule is CC(C)C[C@H](C)NC(=O)c1ccc2ccccc2c1. The molecule has 0 aliphatic heterocycles. The second-order valence-corrected chi connectivity index (χ2v) is 5.57. The van der Waals surface area contributed by atoms with Crippen LogP contribution in [0.2, 0.25) is 0 Å². The Balaban J connectivity index is 2.13. The first-order valence-electron chi connectivity index (χ1n) is 6.86. The van der Waals surface area contributed by atoms with Gasteiger partial charge < -0.3 is 5.32 Å². The Morgan fingerprint density at radius 3 is 2.42 bits per heavy atom. The number of nitrogens with one attached hydrogen (secondary N) is 1. The molecule has 0 spiro atoms. The molecule has 0 aliphatic rings. The van der Waals surface area contributed by atoms with Gasteiger partial charge in [0.25, 0.3) is 5.91 Å². The van der Waals surface area contributed by atoms with E-state index in [-0.39, 0.29) is 11.9 Å². The summed E-state index contributed by atoms with van der Waals surface area (Å²) in [6.07, 6.45) is 0.999. The Morgan fingerprint density at radius 2 is 1.74 bits per heavy atom. The lowest BCUT2D eigenvalue weighted by Gasteiger charge is -2.16. The van der Waals surface area contributed by atoms with E-state index in [0.717, 1.165) is 22.8 Å². The third kappa shape index (κ3) is 3.57. The zero-order valence-electron chi connectivity index (χ0n) is 11.8. The van der Waals surface area contributed by atoms with Gasteiger partial charge in [0.15, 0.2) is 0 Å². The summed E-state index contributed by atoms with van der Waals surface area (Å²) in [7, 11) is 0. The Labute approximate surface area is 114 Å². The molecule has 2 rings (SSSR count). The molecule has 1 atom stereocenters. The fourth-order valence-corrected chi connectivity index (χ4v) is 2.40. The highest BCUT2D eigenvalue weighted by atomic mass is 16.1. The van der Waals surface area contributed by atoms with E-state index in [2.05, 4.69) is 32.2 Å². The first-order valence-corrected chi connectivity index (χ1v) is 6.86. The van der Waals surface area contributed by atoms with Crippen LogP contribution in [-0.4, -0.2) is 11.9 Å². The van der Waals surface area contributed by atoms with E-state index in [4.69, 9.17) is 0 Å². The summed E-state index contributed by atoms with van der Waals surface area (Å²) in [6, 6.07) is 14.1. The van der Waals surface area contributed by atoms with Crippen molar-refractivity contribution in [3.05, 3.63) is 48.0 Å². The van der Waals surface area contributed by atoms with Crippen LogP contribution in [0.25, 0.3) is 10.8 Å². The minimum absolute atomic E-state index is 0.0129. The number of carbonyl (C=O) groups excluding carboxylic acids is 1. The lowest BCUT2D eigenvalue weighted by atomic mass is 10.0. The van der Waals surface area contributed by atoms with Crippen molar-refractivity contribution in [2.75, 3.05) is 0 Å². The first-order chi connectivity index (χ1) is 9.06. The van der Waals surface area contributed by atoms with Crippen LogP contribution in [0.4, 0.5) is 0 Å². The molecule has 0 radical (unpaired) electrons. The summed E-state index contributed by atoms with van der Waals surface area (Å²) < 4.78 is 0. The molecule has 19 heavy (non-hydrogen) atoms. The molecule has 0 saturated heterocycles. The van der Waals surface area contributed by atoms with Crippen LogP contribution in [0.1, 0.15) is 37.6 Å². The van der Waals surface area contributed by atoms with Gasteiger partial charge in [0.05, 0.1) is 0 Å². The second kappa shape index (κ2) is 5.87. The van der Waals surface area contributed by atoms with Gasteiger partial charge in [0.2, 0.25) is 0 Å². The number of carbonyl (C=O) groups is 1. The number of hydrogen-bond acceptors (Lipinski definition) is 1. The summed E-state index contributed by atoms with van der Waals surface area (Å²) in [4.78, 5) is 12.2. The zero-order chi connectivity index (χ0) is 13.8. The minimum atomic E-state index is 0.0129. The van der Waals surface area contributed by atoms with E-state index < -0.39 is 0 Å². The average molecular weight is 255 g/mol. The molecule has 0 saturated carbocycles. The number of benzene rings is 2. The van der Waals surface area contributed by atoms with Crippen molar-refractivity contribution in [3.8, 4) is 0 Å². The molecule has 0 aliphatic carbocycles. The van der Waals surface area contributed by atoms with Crippen molar-refractivity contribution in [1.29, 1.82) is 0 Å². The Bertz CT molecular complexity index is 574. The van der Waals surface area contributed by atoms with Gasteiger partial charge in [0, 0.05) is 11.6 Å². The summed E-state index contributed by atoms with van der Waals surface area (Å²) in [5.41, 5.74) is 0.731. The molecule has 2 nitrogen and oxygen atoms in total. The van der Waals surface area contributed by atoms with Crippen LogP contribution in [0.15, 0.2) is 42.5 Å². The Kier molecular flexibility index (Phi) is 4.20.